The first-order valence-electron chi connectivity index (χ1n) is 5.78. The second kappa shape index (κ2) is 7.09. The summed E-state index contributed by atoms with van der Waals surface area (Å²) in [6, 6.07) is 11.5. The lowest BCUT2D eigenvalue weighted by molar-refractivity contribution is 0.0978. The maximum atomic E-state index is 12.0. The zero-order valence-corrected chi connectivity index (χ0v) is 13.6. The highest BCUT2D eigenvalue weighted by Gasteiger charge is 2.12. The van der Waals surface area contributed by atoms with E-state index < -0.39 is 5.91 Å². The highest BCUT2D eigenvalue weighted by atomic mass is 35.5. The Morgan fingerprint density at radius 2 is 1.57 bits per heavy atom. The van der Waals surface area contributed by atoms with Gasteiger partial charge in [0, 0.05) is 15.7 Å². The number of amides is 1. The van der Waals surface area contributed by atoms with E-state index in [0.29, 0.717) is 21.3 Å². The largest absolute Gasteiger partial charge is 0.332 e. The van der Waals surface area contributed by atoms with Crippen molar-refractivity contribution in [2.75, 3.05) is 5.32 Å². The van der Waals surface area contributed by atoms with Crippen LogP contribution in [0.15, 0.2) is 42.5 Å². The van der Waals surface area contributed by atoms with Crippen molar-refractivity contribution in [1.82, 2.24) is 5.32 Å². The van der Waals surface area contributed by atoms with Crippen LogP contribution in [0.5, 0.6) is 0 Å². The molecule has 0 bridgehead atoms. The van der Waals surface area contributed by atoms with Gasteiger partial charge in [-0.15, -0.1) is 0 Å². The normalized spacial score (nSPS) is 10.0. The number of carbonyl (C=O) groups excluding carboxylic acids is 1. The minimum atomic E-state index is -0.414. The molecule has 0 saturated carbocycles. The van der Waals surface area contributed by atoms with E-state index in [9.17, 15) is 4.79 Å². The lowest BCUT2D eigenvalue weighted by Crippen LogP contribution is -2.34. The molecule has 0 radical (unpaired) electrons. The SMILES string of the molecule is O=C(NC(=S)Nc1ccc(Cl)cc1)c1ccc(Cl)cc1Cl. The van der Waals surface area contributed by atoms with Crippen LogP contribution in [0, 0.1) is 0 Å². The van der Waals surface area contributed by atoms with Crippen LogP contribution >= 0.6 is 47.0 Å². The molecule has 2 aromatic rings. The summed E-state index contributed by atoms with van der Waals surface area (Å²) in [5, 5.41) is 6.90. The molecule has 0 fully saturated rings. The molecule has 1 amide bonds. The van der Waals surface area contributed by atoms with Crippen molar-refractivity contribution >= 4 is 63.7 Å². The molecule has 3 nitrogen and oxygen atoms in total. The van der Waals surface area contributed by atoms with Crippen LogP contribution in [0.1, 0.15) is 10.4 Å². The average molecular weight is 360 g/mol. The molecular formula is C14H9Cl3N2OS. The Balaban J connectivity index is 2.02. The highest BCUT2D eigenvalue weighted by Crippen LogP contribution is 2.21. The van der Waals surface area contributed by atoms with Crippen LogP contribution in [0.25, 0.3) is 0 Å². The van der Waals surface area contributed by atoms with Gasteiger partial charge in [0.1, 0.15) is 0 Å². The van der Waals surface area contributed by atoms with Crippen LogP contribution in [-0.4, -0.2) is 11.0 Å². The van der Waals surface area contributed by atoms with E-state index in [-0.39, 0.29) is 10.1 Å². The maximum Gasteiger partial charge on any atom is 0.258 e. The van der Waals surface area contributed by atoms with Crippen LogP contribution in [0.4, 0.5) is 5.69 Å². The van der Waals surface area contributed by atoms with Gasteiger partial charge >= 0.3 is 0 Å². The van der Waals surface area contributed by atoms with Gasteiger partial charge < -0.3 is 5.32 Å². The number of rotatable bonds is 2. The summed E-state index contributed by atoms with van der Waals surface area (Å²) in [7, 11) is 0. The smallest absolute Gasteiger partial charge is 0.258 e. The Labute approximate surface area is 142 Å². The molecule has 7 heteroatoms. The third-order valence-corrected chi connectivity index (χ3v) is 3.51. The van der Waals surface area contributed by atoms with Crippen molar-refractivity contribution < 1.29 is 4.79 Å². The van der Waals surface area contributed by atoms with Gasteiger partial charge in [0.05, 0.1) is 10.6 Å². The molecule has 0 saturated heterocycles. The Morgan fingerprint density at radius 3 is 2.19 bits per heavy atom. The Bertz CT molecular complexity index is 689. The van der Waals surface area contributed by atoms with E-state index in [1.807, 2.05) is 0 Å². The molecule has 0 heterocycles. The first-order chi connectivity index (χ1) is 9.95. The van der Waals surface area contributed by atoms with Gasteiger partial charge in [-0.05, 0) is 54.7 Å². The number of anilines is 1. The molecule has 0 atom stereocenters. The number of halogens is 3. The molecule has 0 unspecified atom stereocenters. The second-order valence-corrected chi connectivity index (χ2v) is 5.73. The number of hydrogen-bond donors (Lipinski definition) is 2. The lowest BCUT2D eigenvalue weighted by atomic mass is 10.2. The van der Waals surface area contributed by atoms with Gasteiger partial charge in [-0.3, -0.25) is 10.1 Å². The van der Waals surface area contributed by atoms with Gasteiger partial charge in [0.25, 0.3) is 5.91 Å². The summed E-state index contributed by atoms with van der Waals surface area (Å²) >= 11 is 22.6. The molecule has 2 rings (SSSR count). The van der Waals surface area contributed by atoms with E-state index in [1.54, 1.807) is 30.3 Å². The quantitative estimate of drug-likeness (QED) is 0.759. The Morgan fingerprint density at radius 1 is 0.952 bits per heavy atom. The van der Waals surface area contributed by atoms with Crippen LogP contribution in [0.2, 0.25) is 15.1 Å². The summed E-state index contributed by atoms with van der Waals surface area (Å²) in [6.45, 7) is 0. The van der Waals surface area contributed by atoms with E-state index >= 15 is 0 Å². The van der Waals surface area contributed by atoms with Gasteiger partial charge in [0.15, 0.2) is 5.11 Å². The molecular weight excluding hydrogens is 351 g/mol. The first-order valence-corrected chi connectivity index (χ1v) is 7.33. The topological polar surface area (TPSA) is 41.1 Å². The number of carbonyl (C=O) groups is 1. The fourth-order valence-corrected chi connectivity index (χ4v) is 2.37. The zero-order chi connectivity index (χ0) is 15.4. The molecule has 0 aliphatic carbocycles. The third-order valence-electron chi connectivity index (χ3n) is 2.50. The molecule has 0 aliphatic rings. The summed E-state index contributed by atoms with van der Waals surface area (Å²) in [5.74, 6) is -0.414. The molecule has 2 N–H and O–H groups in total. The average Bonchev–Trinajstić information content (AvgIpc) is 2.41. The molecule has 0 aromatic heterocycles. The van der Waals surface area contributed by atoms with Gasteiger partial charge in [-0.2, -0.15) is 0 Å². The summed E-state index contributed by atoms with van der Waals surface area (Å²) in [4.78, 5) is 12.0. The predicted molar refractivity (Wildman–Crippen MR) is 91.6 cm³/mol. The van der Waals surface area contributed by atoms with Gasteiger partial charge in [-0.1, -0.05) is 34.8 Å². The van der Waals surface area contributed by atoms with Crippen molar-refractivity contribution in [1.29, 1.82) is 0 Å². The molecule has 0 aliphatic heterocycles. The van der Waals surface area contributed by atoms with Crippen molar-refractivity contribution in [2.24, 2.45) is 0 Å². The first kappa shape index (κ1) is 16.0. The van der Waals surface area contributed by atoms with Crippen LogP contribution in [-0.2, 0) is 0 Å². The maximum absolute atomic E-state index is 12.0. The van der Waals surface area contributed by atoms with Crippen molar-refractivity contribution in [3.8, 4) is 0 Å². The number of benzene rings is 2. The van der Waals surface area contributed by atoms with Gasteiger partial charge in [0.2, 0.25) is 0 Å². The van der Waals surface area contributed by atoms with E-state index in [2.05, 4.69) is 10.6 Å². The Hall–Kier alpha value is -1.33. The number of thiocarbonyl (C=S) groups is 1. The van der Waals surface area contributed by atoms with Crippen LogP contribution < -0.4 is 10.6 Å². The summed E-state index contributed by atoms with van der Waals surface area (Å²) < 4.78 is 0. The lowest BCUT2D eigenvalue weighted by Gasteiger charge is -2.10. The second-order valence-electron chi connectivity index (χ2n) is 4.04. The zero-order valence-electron chi connectivity index (χ0n) is 10.5. The minimum Gasteiger partial charge on any atom is -0.332 e. The fourth-order valence-electron chi connectivity index (χ4n) is 1.54. The van der Waals surface area contributed by atoms with E-state index in [1.165, 1.54) is 12.1 Å². The van der Waals surface area contributed by atoms with Crippen molar-refractivity contribution in [3.63, 3.8) is 0 Å². The van der Waals surface area contributed by atoms with Crippen molar-refractivity contribution in [3.05, 3.63) is 63.1 Å². The number of nitrogens with one attached hydrogen (secondary N) is 2. The summed E-state index contributed by atoms with van der Waals surface area (Å²) in [6.07, 6.45) is 0. The van der Waals surface area contributed by atoms with E-state index in [4.69, 9.17) is 47.0 Å². The third kappa shape index (κ3) is 4.58. The fraction of sp³-hybridized carbons (Fsp3) is 0. The molecule has 2 aromatic carbocycles. The minimum absolute atomic E-state index is 0.160. The standard InChI is InChI=1S/C14H9Cl3N2OS/c15-8-1-4-10(5-2-8)18-14(21)19-13(20)11-6-3-9(16)7-12(11)17/h1-7H,(H2,18,19,20,21). The van der Waals surface area contributed by atoms with E-state index in [0.717, 1.165) is 0 Å². The monoisotopic (exact) mass is 358 g/mol. The molecule has 0 spiro atoms. The molecule has 108 valence electrons. The predicted octanol–water partition coefficient (Wildman–Crippen LogP) is 4.77. The Kier molecular flexibility index (Phi) is 5.42. The molecule has 21 heavy (non-hydrogen) atoms. The van der Waals surface area contributed by atoms with Crippen LogP contribution in [0.3, 0.4) is 0 Å². The summed E-state index contributed by atoms with van der Waals surface area (Å²) in [5.41, 5.74) is 1.01. The highest BCUT2D eigenvalue weighted by molar-refractivity contribution is 7.80. The van der Waals surface area contributed by atoms with Crippen molar-refractivity contribution in [2.45, 2.75) is 0 Å². The number of hydrogen-bond acceptors (Lipinski definition) is 2. The van der Waals surface area contributed by atoms with Gasteiger partial charge in [-0.25, -0.2) is 0 Å².